The third-order valence-corrected chi connectivity index (χ3v) is 6.29. The summed E-state index contributed by atoms with van der Waals surface area (Å²) in [7, 11) is 2.41. The molecule has 1 aliphatic carbocycles. The van der Waals surface area contributed by atoms with E-state index in [1.54, 1.807) is 18.0 Å². The second kappa shape index (κ2) is 6.91. The van der Waals surface area contributed by atoms with Crippen molar-refractivity contribution >= 4 is 21.4 Å². The summed E-state index contributed by atoms with van der Waals surface area (Å²) in [5, 5.41) is -0.456. The third-order valence-electron chi connectivity index (χ3n) is 4.64. The van der Waals surface area contributed by atoms with Crippen LogP contribution in [-0.2, 0) is 9.84 Å². The summed E-state index contributed by atoms with van der Waals surface area (Å²) in [4.78, 5) is 16.4. The van der Waals surface area contributed by atoms with Crippen LogP contribution in [0.2, 0.25) is 0 Å². The van der Waals surface area contributed by atoms with Gasteiger partial charge in [-0.3, -0.25) is 4.79 Å². The number of hydrogen-bond donors (Lipinski definition) is 0. The van der Waals surface area contributed by atoms with E-state index in [0.717, 1.165) is 24.9 Å². The number of nitrogens with zero attached hydrogens (tertiary/aromatic N) is 2. The van der Waals surface area contributed by atoms with Crippen LogP contribution in [0.25, 0.3) is 0 Å². The molecule has 1 aromatic carbocycles. The monoisotopic (exact) mass is 338 g/mol. The lowest BCUT2D eigenvalue weighted by atomic mass is 9.93. The highest BCUT2D eigenvalue weighted by Gasteiger charge is 2.37. The summed E-state index contributed by atoms with van der Waals surface area (Å²) in [5.74, 6) is -0.116. The van der Waals surface area contributed by atoms with Crippen molar-refractivity contribution in [3.05, 3.63) is 29.8 Å². The van der Waals surface area contributed by atoms with Crippen molar-refractivity contribution in [3.8, 4) is 0 Å². The Morgan fingerprint density at radius 3 is 2.39 bits per heavy atom. The summed E-state index contributed by atoms with van der Waals surface area (Å²) in [6.45, 7) is 0. The van der Waals surface area contributed by atoms with Crippen molar-refractivity contribution in [2.45, 2.75) is 37.0 Å². The fourth-order valence-corrected chi connectivity index (χ4v) is 4.78. The van der Waals surface area contributed by atoms with Crippen LogP contribution in [0.5, 0.6) is 0 Å². The SMILES string of the molecule is CN(C)c1cccc(C(=O)N(C)C2CCCCC2S(C)(=O)=O)c1. The highest BCUT2D eigenvalue weighted by molar-refractivity contribution is 7.91. The molecule has 1 aliphatic rings. The fraction of sp³-hybridized carbons (Fsp3) is 0.588. The summed E-state index contributed by atoms with van der Waals surface area (Å²) in [6, 6.07) is 7.18. The Kier molecular flexibility index (Phi) is 5.34. The summed E-state index contributed by atoms with van der Waals surface area (Å²) in [6.07, 6.45) is 4.53. The molecule has 0 N–H and O–H groups in total. The molecule has 0 radical (unpaired) electrons. The Labute approximate surface area is 139 Å². The average Bonchev–Trinajstić information content (AvgIpc) is 2.52. The van der Waals surface area contributed by atoms with Crippen LogP contribution in [0, 0.1) is 0 Å². The standard InChI is InChI=1S/C17H26N2O3S/c1-18(2)14-9-7-8-13(12-14)17(20)19(3)15-10-5-6-11-16(15)23(4,21)22/h7-9,12,15-16H,5-6,10-11H2,1-4H3. The van der Waals surface area contributed by atoms with Gasteiger partial charge in [-0.15, -0.1) is 0 Å². The molecular weight excluding hydrogens is 312 g/mol. The molecule has 23 heavy (non-hydrogen) atoms. The van der Waals surface area contributed by atoms with Gasteiger partial charge < -0.3 is 9.80 Å². The molecule has 2 unspecified atom stereocenters. The van der Waals surface area contributed by atoms with Gasteiger partial charge in [0.2, 0.25) is 0 Å². The number of carbonyl (C=O) groups is 1. The number of amides is 1. The molecule has 5 nitrogen and oxygen atoms in total. The fourth-order valence-electron chi connectivity index (χ4n) is 3.29. The molecule has 2 rings (SSSR count). The van der Waals surface area contributed by atoms with E-state index < -0.39 is 15.1 Å². The van der Waals surface area contributed by atoms with Gasteiger partial charge in [-0.2, -0.15) is 0 Å². The molecule has 0 aliphatic heterocycles. The molecule has 128 valence electrons. The van der Waals surface area contributed by atoms with Crippen molar-refractivity contribution in [2.24, 2.45) is 0 Å². The first-order valence-corrected chi connectivity index (χ1v) is 9.90. The van der Waals surface area contributed by atoms with Gasteiger partial charge in [-0.25, -0.2) is 8.42 Å². The van der Waals surface area contributed by atoms with E-state index in [2.05, 4.69) is 0 Å². The molecule has 0 saturated heterocycles. The van der Waals surface area contributed by atoms with Crippen molar-refractivity contribution in [1.82, 2.24) is 4.90 Å². The maximum Gasteiger partial charge on any atom is 0.253 e. The van der Waals surface area contributed by atoms with Gasteiger partial charge in [0.1, 0.15) is 0 Å². The Morgan fingerprint density at radius 1 is 1.13 bits per heavy atom. The highest BCUT2D eigenvalue weighted by Crippen LogP contribution is 2.28. The van der Waals surface area contributed by atoms with Crippen LogP contribution in [0.1, 0.15) is 36.0 Å². The molecule has 1 fully saturated rings. The molecule has 1 aromatic rings. The van der Waals surface area contributed by atoms with E-state index in [1.807, 2.05) is 37.2 Å². The van der Waals surface area contributed by atoms with Crippen molar-refractivity contribution in [3.63, 3.8) is 0 Å². The van der Waals surface area contributed by atoms with E-state index in [0.29, 0.717) is 12.0 Å². The van der Waals surface area contributed by atoms with Crippen LogP contribution < -0.4 is 4.90 Å². The quantitative estimate of drug-likeness (QED) is 0.844. The first-order valence-electron chi connectivity index (χ1n) is 7.95. The maximum absolute atomic E-state index is 12.8. The number of benzene rings is 1. The van der Waals surface area contributed by atoms with E-state index in [-0.39, 0.29) is 11.9 Å². The average molecular weight is 338 g/mol. The minimum Gasteiger partial charge on any atom is -0.378 e. The van der Waals surface area contributed by atoms with Gasteiger partial charge in [0.15, 0.2) is 9.84 Å². The molecular formula is C17H26N2O3S. The van der Waals surface area contributed by atoms with Gasteiger partial charge in [0.25, 0.3) is 5.91 Å². The Bertz CT molecular complexity index is 670. The topological polar surface area (TPSA) is 57.7 Å². The second-order valence-electron chi connectivity index (χ2n) is 6.58. The zero-order valence-corrected chi connectivity index (χ0v) is 15.1. The third kappa shape index (κ3) is 4.05. The second-order valence-corrected chi connectivity index (χ2v) is 8.85. The summed E-state index contributed by atoms with van der Waals surface area (Å²) < 4.78 is 24.1. The molecule has 1 amide bonds. The Hall–Kier alpha value is -1.56. The zero-order chi connectivity index (χ0) is 17.2. The van der Waals surface area contributed by atoms with E-state index in [1.165, 1.54) is 6.26 Å². The smallest absolute Gasteiger partial charge is 0.253 e. The number of anilines is 1. The lowest BCUT2D eigenvalue weighted by Gasteiger charge is -2.37. The lowest BCUT2D eigenvalue weighted by Crippen LogP contribution is -2.49. The molecule has 0 spiro atoms. The predicted octanol–water partition coefficient (Wildman–Crippen LogP) is 2.18. The van der Waals surface area contributed by atoms with Gasteiger partial charge in [-0.05, 0) is 31.0 Å². The number of hydrogen-bond acceptors (Lipinski definition) is 4. The van der Waals surface area contributed by atoms with E-state index in [4.69, 9.17) is 0 Å². The Morgan fingerprint density at radius 2 is 1.78 bits per heavy atom. The minimum absolute atomic E-state index is 0.116. The van der Waals surface area contributed by atoms with Gasteiger partial charge in [0.05, 0.1) is 5.25 Å². The van der Waals surface area contributed by atoms with Crippen LogP contribution in [0.3, 0.4) is 0 Å². The van der Waals surface area contributed by atoms with Crippen LogP contribution >= 0.6 is 0 Å². The van der Waals surface area contributed by atoms with Crippen molar-refractivity contribution in [2.75, 3.05) is 32.3 Å². The van der Waals surface area contributed by atoms with E-state index >= 15 is 0 Å². The zero-order valence-electron chi connectivity index (χ0n) is 14.3. The maximum atomic E-state index is 12.8. The van der Waals surface area contributed by atoms with Crippen molar-refractivity contribution < 1.29 is 13.2 Å². The van der Waals surface area contributed by atoms with Crippen molar-refractivity contribution in [1.29, 1.82) is 0 Å². The lowest BCUT2D eigenvalue weighted by molar-refractivity contribution is 0.0700. The first kappa shape index (κ1) is 17.8. The molecule has 1 saturated carbocycles. The largest absolute Gasteiger partial charge is 0.378 e. The predicted molar refractivity (Wildman–Crippen MR) is 93.8 cm³/mol. The van der Waals surface area contributed by atoms with Gasteiger partial charge in [0, 0.05) is 44.7 Å². The number of rotatable bonds is 4. The first-order chi connectivity index (χ1) is 10.7. The number of sulfone groups is 1. The number of carbonyl (C=O) groups excluding carboxylic acids is 1. The van der Waals surface area contributed by atoms with Crippen LogP contribution in [0.15, 0.2) is 24.3 Å². The minimum atomic E-state index is -3.16. The molecule has 0 heterocycles. The molecule has 0 bridgehead atoms. The normalized spacial score (nSPS) is 21.7. The van der Waals surface area contributed by atoms with Crippen LogP contribution in [0.4, 0.5) is 5.69 Å². The molecule has 2 atom stereocenters. The Balaban J connectivity index is 2.26. The highest BCUT2D eigenvalue weighted by atomic mass is 32.2. The molecule has 6 heteroatoms. The summed E-state index contributed by atoms with van der Waals surface area (Å²) >= 11 is 0. The van der Waals surface area contributed by atoms with Gasteiger partial charge in [-0.1, -0.05) is 18.9 Å². The summed E-state index contributed by atoms with van der Waals surface area (Å²) in [5.41, 5.74) is 1.55. The van der Waals surface area contributed by atoms with Gasteiger partial charge >= 0.3 is 0 Å². The van der Waals surface area contributed by atoms with Crippen LogP contribution in [-0.4, -0.2) is 57.9 Å². The van der Waals surface area contributed by atoms with E-state index in [9.17, 15) is 13.2 Å². The molecule has 0 aromatic heterocycles.